The molecule has 0 saturated heterocycles. The van der Waals surface area contributed by atoms with Crippen LogP contribution in [-0.4, -0.2) is 24.0 Å². The van der Waals surface area contributed by atoms with Crippen molar-refractivity contribution in [2.45, 2.75) is 26.3 Å². The number of rotatable bonds is 4. The molecule has 1 aromatic rings. The number of imidazole rings is 1. The molecule has 0 fully saturated rings. The molecule has 0 aliphatic carbocycles. The number of hydrogen-bond acceptors (Lipinski definition) is 3. The van der Waals surface area contributed by atoms with Gasteiger partial charge >= 0.3 is 0 Å². The highest BCUT2D eigenvalue weighted by molar-refractivity contribution is 7.85. The van der Waals surface area contributed by atoms with E-state index in [1.807, 2.05) is 12.5 Å². The van der Waals surface area contributed by atoms with Crippen molar-refractivity contribution in [1.82, 2.24) is 4.98 Å². The molecule has 1 aromatic heterocycles. The van der Waals surface area contributed by atoms with Gasteiger partial charge in [-0.25, -0.2) is 17.4 Å². The maximum atomic E-state index is 10.6. The molecule has 0 amide bonds. The first-order valence-electron chi connectivity index (χ1n) is 4.51. The van der Waals surface area contributed by atoms with Crippen LogP contribution in [0.15, 0.2) is 18.7 Å². The number of halogens is 1. The van der Waals surface area contributed by atoms with Gasteiger partial charge in [-0.05, 0) is 6.42 Å². The lowest BCUT2D eigenvalue weighted by molar-refractivity contribution is -0.696. The quantitative estimate of drug-likeness (QED) is 0.615. The van der Waals surface area contributed by atoms with Gasteiger partial charge in [-0.2, -0.15) is 0 Å². The van der Waals surface area contributed by atoms with Gasteiger partial charge in [0.05, 0.1) is 6.54 Å². The van der Waals surface area contributed by atoms with Crippen molar-refractivity contribution >= 4 is 10.1 Å². The zero-order chi connectivity index (χ0) is 11.7. The Hall–Kier alpha value is -0.950. The average molecular weight is 238 g/mol. The van der Waals surface area contributed by atoms with Crippen LogP contribution in [0.25, 0.3) is 0 Å². The zero-order valence-corrected chi connectivity index (χ0v) is 9.34. The number of unbranched alkanes of at least 4 members (excludes halogenated alkanes) is 1. The molecular weight excluding hydrogens is 223 g/mol. The summed E-state index contributed by atoms with van der Waals surface area (Å²) in [6, 6.07) is -1.81. The summed E-state index contributed by atoms with van der Waals surface area (Å²) >= 11 is 0. The van der Waals surface area contributed by atoms with E-state index < -0.39 is 16.1 Å². The smallest absolute Gasteiger partial charge is 0.241 e. The van der Waals surface area contributed by atoms with Crippen molar-refractivity contribution in [3.8, 4) is 0 Å². The minimum atomic E-state index is -4.58. The highest BCUT2D eigenvalue weighted by Crippen LogP contribution is 1.84. The SMILES string of the molecule is CCCC[n+]1cc[nH]c1.O=S(=O)([O-])CF. The Morgan fingerprint density at radius 2 is 2.13 bits per heavy atom. The summed E-state index contributed by atoms with van der Waals surface area (Å²) < 4.78 is 40.0. The largest absolute Gasteiger partial charge is 0.746 e. The molecule has 0 atom stereocenters. The number of aryl methyl sites for hydroxylation is 1. The van der Waals surface area contributed by atoms with E-state index in [1.165, 1.54) is 12.8 Å². The normalized spacial score (nSPS) is 10.6. The van der Waals surface area contributed by atoms with Crippen LogP contribution in [0.5, 0.6) is 0 Å². The van der Waals surface area contributed by atoms with Crippen LogP contribution in [-0.2, 0) is 16.7 Å². The number of nitrogens with zero attached hydrogens (tertiary/aromatic N) is 1. The second-order valence-electron chi connectivity index (χ2n) is 2.87. The molecule has 0 unspecified atom stereocenters. The lowest BCUT2D eigenvalue weighted by Gasteiger charge is -1.94. The molecule has 0 aromatic carbocycles. The first-order chi connectivity index (χ1) is 6.99. The second kappa shape index (κ2) is 7.36. The minimum Gasteiger partial charge on any atom is -0.746 e. The van der Waals surface area contributed by atoms with Gasteiger partial charge in [0.2, 0.25) is 6.33 Å². The van der Waals surface area contributed by atoms with E-state index >= 15 is 0 Å². The van der Waals surface area contributed by atoms with E-state index in [-0.39, 0.29) is 0 Å². The van der Waals surface area contributed by atoms with Crippen molar-refractivity contribution in [2.24, 2.45) is 0 Å². The fourth-order valence-electron chi connectivity index (χ4n) is 0.800. The molecule has 1 heterocycles. The molecule has 0 radical (unpaired) electrons. The monoisotopic (exact) mass is 238 g/mol. The number of hydrogen-bond donors (Lipinski definition) is 1. The molecule has 7 heteroatoms. The van der Waals surface area contributed by atoms with Crippen LogP contribution in [0.2, 0.25) is 0 Å². The van der Waals surface area contributed by atoms with Gasteiger partial charge in [-0.3, -0.25) is 4.98 Å². The van der Waals surface area contributed by atoms with Gasteiger partial charge in [0.15, 0.2) is 6.01 Å². The molecule has 5 nitrogen and oxygen atoms in total. The van der Waals surface area contributed by atoms with E-state index in [9.17, 15) is 4.39 Å². The molecule has 1 N–H and O–H groups in total. The molecule has 88 valence electrons. The Kier molecular flexibility index (Phi) is 6.89. The Labute approximate surface area is 88.7 Å². The number of alkyl halides is 1. The predicted octanol–water partition coefficient (Wildman–Crippen LogP) is 0.561. The highest BCUT2D eigenvalue weighted by atomic mass is 32.2. The molecule has 1 rings (SSSR count). The highest BCUT2D eigenvalue weighted by Gasteiger charge is 1.92. The van der Waals surface area contributed by atoms with Crippen molar-refractivity contribution in [3.05, 3.63) is 18.7 Å². The van der Waals surface area contributed by atoms with Crippen molar-refractivity contribution < 1.29 is 21.9 Å². The van der Waals surface area contributed by atoms with E-state index in [2.05, 4.69) is 22.7 Å². The molecule has 0 spiro atoms. The maximum absolute atomic E-state index is 10.6. The van der Waals surface area contributed by atoms with Gasteiger partial charge < -0.3 is 4.55 Å². The fourth-order valence-corrected chi connectivity index (χ4v) is 0.800. The first kappa shape index (κ1) is 14.1. The topological polar surface area (TPSA) is 76.9 Å². The summed E-state index contributed by atoms with van der Waals surface area (Å²) in [4.78, 5) is 3.00. The third-order valence-corrected chi connectivity index (χ3v) is 1.77. The third-order valence-electron chi connectivity index (χ3n) is 1.51. The van der Waals surface area contributed by atoms with E-state index in [1.54, 1.807) is 0 Å². The first-order valence-corrected chi connectivity index (χ1v) is 6.08. The summed E-state index contributed by atoms with van der Waals surface area (Å²) in [6.07, 6.45) is 8.50. The van der Waals surface area contributed by atoms with Gasteiger partial charge in [-0.15, -0.1) is 0 Å². The lowest BCUT2D eigenvalue weighted by Crippen LogP contribution is -2.29. The van der Waals surface area contributed by atoms with Crippen LogP contribution in [0.4, 0.5) is 4.39 Å². The Morgan fingerprint density at radius 3 is 2.47 bits per heavy atom. The van der Waals surface area contributed by atoms with Gasteiger partial charge in [-0.1, -0.05) is 13.3 Å². The lowest BCUT2D eigenvalue weighted by atomic mass is 10.3. The molecule has 0 bridgehead atoms. The molecule has 15 heavy (non-hydrogen) atoms. The molecule has 0 aliphatic rings. The van der Waals surface area contributed by atoms with Crippen molar-refractivity contribution in [1.29, 1.82) is 0 Å². The van der Waals surface area contributed by atoms with Gasteiger partial charge in [0.1, 0.15) is 22.5 Å². The number of aromatic nitrogens is 2. The third kappa shape index (κ3) is 9.36. The summed E-state index contributed by atoms with van der Waals surface area (Å²) in [5.41, 5.74) is 0. The van der Waals surface area contributed by atoms with Crippen molar-refractivity contribution in [2.75, 3.05) is 6.01 Å². The Bertz CT molecular complexity index is 337. The van der Waals surface area contributed by atoms with Crippen LogP contribution in [0, 0.1) is 0 Å². The summed E-state index contributed by atoms with van der Waals surface area (Å²) in [5.74, 6) is 0. The predicted molar refractivity (Wildman–Crippen MR) is 51.6 cm³/mol. The van der Waals surface area contributed by atoms with Crippen LogP contribution in [0.1, 0.15) is 19.8 Å². The molecule has 0 aliphatic heterocycles. The summed E-state index contributed by atoms with van der Waals surface area (Å²) in [6.45, 7) is 3.34. The maximum Gasteiger partial charge on any atom is 0.241 e. The van der Waals surface area contributed by atoms with E-state index in [0.717, 1.165) is 6.54 Å². The standard InChI is InChI=1S/C7H12N2.CH3FO3S/c1-2-3-5-9-6-4-8-7-9;2-1-6(3,4)5/h4,6-7H,2-3,5H2,1H3;1H2,(H,3,4,5). The summed E-state index contributed by atoms with van der Waals surface area (Å²) in [7, 11) is -4.58. The second-order valence-corrected chi connectivity index (χ2v) is 4.20. The zero-order valence-electron chi connectivity index (χ0n) is 8.52. The Morgan fingerprint density at radius 1 is 1.53 bits per heavy atom. The van der Waals surface area contributed by atoms with Crippen LogP contribution >= 0.6 is 0 Å². The Balaban J connectivity index is 0.000000288. The van der Waals surface area contributed by atoms with E-state index in [0.29, 0.717) is 0 Å². The molecule has 0 saturated carbocycles. The number of H-pyrrole nitrogens is 1. The summed E-state index contributed by atoms with van der Waals surface area (Å²) in [5, 5.41) is 0. The van der Waals surface area contributed by atoms with Crippen molar-refractivity contribution in [3.63, 3.8) is 0 Å². The fraction of sp³-hybridized carbons (Fsp3) is 0.625. The average Bonchev–Trinajstić information content (AvgIpc) is 2.67. The number of aromatic amines is 1. The van der Waals surface area contributed by atoms with E-state index in [4.69, 9.17) is 13.0 Å². The van der Waals surface area contributed by atoms with Crippen LogP contribution in [0.3, 0.4) is 0 Å². The van der Waals surface area contributed by atoms with Crippen LogP contribution < -0.4 is 4.57 Å². The number of nitrogens with one attached hydrogen (secondary N) is 1. The molecular formula is C8H15FN2O3S. The van der Waals surface area contributed by atoms with Gasteiger partial charge in [0, 0.05) is 0 Å². The minimum absolute atomic E-state index is 1.14. The van der Waals surface area contributed by atoms with Gasteiger partial charge in [0.25, 0.3) is 0 Å².